The van der Waals surface area contributed by atoms with Crippen molar-refractivity contribution in [2.75, 3.05) is 0 Å². The lowest BCUT2D eigenvalue weighted by Gasteiger charge is -2.08. The minimum atomic E-state index is -3.86. The lowest BCUT2D eigenvalue weighted by molar-refractivity contribution is 0.590. The molecule has 2 nitrogen and oxygen atoms in total. The van der Waals surface area contributed by atoms with Gasteiger partial charge in [-0.25, -0.2) is 12.8 Å². The van der Waals surface area contributed by atoms with Crippen LogP contribution in [-0.4, -0.2) is 8.42 Å². The highest BCUT2D eigenvalue weighted by Gasteiger charge is 2.18. The van der Waals surface area contributed by atoms with Crippen LogP contribution in [0, 0.1) is 26.6 Å². The van der Waals surface area contributed by atoms with Crippen molar-refractivity contribution in [2.45, 2.75) is 25.7 Å². The summed E-state index contributed by atoms with van der Waals surface area (Å²) in [5.74, 6) is -0.510. The van der Waals surface area contributed by atoms with E-state index in [1.54, 1.807) is 13.8 Å². The molecule has 0 radical (unpaired) electrons. The third-order valence-corrected chi connectivity index (χ3v) is 3.68. The molecule has 0 aliphatic carbocycles. The molecular formula is C9H10ClFO2S. The van der Waals surface area contributed by atoms with Crippen LogP contribution in [0.5, 0.6) is 0 Å². The maximum absolute atomic E-state index is 13.5. The molecule has 0 saturated carbocycles. The van der Waals surface area contributed by atoms with Gasteiger partial charge in [-0.1, -0.05) is 0 Å². The van der Waals surface area contributed by atoms with Gasteiger partial charge in [-0.05, 0) is 38.0 Å². The molecule has 0 N–H and O–H groups in total. The molecule has 14 heavy (non-hydrogen) atoms. The molecule has 1 aromatic rings. The zero-order valence-corrected chi connectivity index (χ0v) is 9.63. The fraction of sp³-hybridized carbons (Fsp3) is 0.333. The molecule has 1 aromatic carbocycles. The molecule has 1 rings (SSSR count). The minimum absolute atomic E-state index is 0.0723. The predicted molar refractivity (Wildman–Crippen MR) is 53.6 cm³/mol. The summed E-state index contributed by atoms with van der Waals surface area (Å²) in [7, 11) is 1.30. The van der Waals surface area contributed by atoms with E-state index < -0.39 is 14.9 Å². The van der Waals surface area contributed by atoms with Gasteiger partial charge in [-0.3, -0.25) is 0 Å². The third-order valence-electron chi connectivity index (χ3n) is 2.23. The summed E-state index contributed by atoms with van der Waals surface area (Å²) in [5.41, 5.74) is 1.10. The van der Waals surface area contributed by atoms with Gasteiger partial charge >= 0.3 is 0 Å². The van der Waals surface area contributed by atoms with E-state index in [2.05, 4.69) is 0 Å². The van der Waals surface area contributed by atoms with Crippen LogP contribution in [0.25, 0.3) is 0 Å². The second-order valence-corrected chi connectivity index (χ2v) is 5.73. The van der Waals surface area contributed by atoms with Crippen LogP contribution in [0.4, 0.5) is 4.39 Å². The van der Waals surface area contributed by atoms with Gasteiger partial charge in [0.2, 0.25) is 0 Å². The number of aryl methyl sites for hydroxylation is 1. The molecule has 0 unspecified atom stereocenters. The van der Waals surface area contributed by atoms with E-state index in [0.29, 0.717) is 11.1 Å². The maximum atomic E-state index is 13.5. The molecule has 0 heterocycles. The van der Waals surface area contributed by atoms with Crippen LogP contribution in [0.1, 0.15) is 16.7 Å². The summed E-state index contributed by atoms with van der Waals surface area (Å²) in [4.78, 5) is -0.153. The molecule has 0 amide bonds. The highest BCUT2D eigenvalue weighted by molar-refractivity contribution is 8.13. The molecule has 0 spiro atoms. The van der Waals surface area contributed by atoms with E-state index in [4.69, 9.17) is 10.7 Å². The van der Waals surface area contributed by atoms with Crippen molar-refractivity contribution in [3.8, 4) is 0 Å². The minimum Gasteiger partial charge on any atom is -0.207 e. The molecule has 0 aliphatic heterocycles. The quantitative estimate of drug-likeness (QED) is 0.703. The van der Waals surface area contributed by atoms with Gasteiger partial charge in [-0.2, -0.15) is 0 Å². The van der Waals surface area contributed by atoms with Gasteiger partial charge in [0, 0.05) is 16.2 Å². The summed E-state index contributed by atoms with van der Waals surface area (Å²) in [6.45, 7) is 4.64. The molecular weight excluding hydrogens is 227 g/mol. The second-order valence-electron chi connectivity index (χ2n) is 3.19. The SMILES string of the molecule is Cc1cc(S(=O)(=O)Cl)c(C)c(F)c1C. The Kier molecular flexibility index (Phi) is 2.88. The summed E-state index contributed by atoms with van der Waals surface area (Å²) in [6, 6.07) is 1.38. The van der Waals surface area contributed by atoms with Crippen LogP contribution in [0.3, 0.4) is 0 Å². The molecule has 0 atom stereocenters. The van der Waals surface area contributed by atoms with Crippen molar-refractivity contribution >= 4 is 19.7 Å². The zero-order valence-electron chi connectivity index (χ0n) is 8.06. The highest BCUT2D eigenvalue weighted by atomic mass is 35.7. The molecule has 0 aliphatic rings. The Morgan fingerprint density at radius 3 is 2.14 bits per heavy atom. The monoisotopic (exact) mass is 236 g/mol. The van der Waals surface area contributed by atoms with E-state index in [1.165, 1.54) is 13.0 Å². The summed E-state index contributed by atoms with van der Waals surface area (Å²) >= 11 is 0. The van der Waals surface area contributed by atoms with Crippen LogP contribution in [-0.2, 0) is 9.05 Å². The maximum Gasteiger partial charge on any atom is 0.261 e. The Bertz CT molecular complexity index is 480. The lowest BCUT2D eigenvalue weighted by atomic mass is 10.1. The van der Waals surface area contributed by atoms with Crippen molar-refractivity contribution in [3.05, 3.63) is 28.6 Å². The van der Waals surface area contributed by atoms with Crippen molar-refractivity contribution in [2.24, 2.45) is 0 Å². The Morgan fingerprint density at radius 1 is 1.21 bits per heavy atom. The Labute approximate surface area is 87.1 Å². The van der Waals surface area contributed by atoms with Gasteiger partial charge in [0.05, 0.1) is 4.90 Å². The summed E-state index contributed by atoms with van der Waals surface area (Å²) in [5, 5.41) is 0. The highest BCUT2D eigenvalue weighted by Crippen LogP contribution is 2.26. The smallest absolute Gasteiger partial charge is 0.207 e. The first-order chi connectivity index (χ1) is 6.25. The Hall–Kier alpha value is -0.610. The summed E-state index contributed by atoms with van der Waals surface area (Å²) < 4.78 is 35.6. The van der Waals surface area contributed by atoms with E-state index >= 15 is 0 Å². The standard InChI is InChI=1S/C9H10ClFO2S/c1-5-4-8(14(10,12)13)7(3)9(11)6(5)2/h4H,1-3H3. The molecule has 0 aromatic heterocycles. The first-order valence-electron chi connectivity index (χ1n) is 3.96. The van der Waals surface area contributed by atoms with E-state index in [9.17, 15) is 12.8 Å². The normalized spacial score (nSPS) is 11.8. The van der Waals surface area contributed by atoms with E-state index in [0.717, 1.165) is 0 Å². The Morgan fingerprint density at radius 2 is 1.71 bits per heavy atom. The van der Waals surface area contributed by atoms with Crippen molar-refractivity contribution in [3.63, 3.8) is 0 Å². The largest absolute Gasteiger partial charge is 0.261 e. The van der Waals surface area contributed by atoms with Gasteiger partial charge in [0.1, 0.15) is 5.82 Å². The van der Waals surface area contributed by atoms with Crippen LogP contribution in [0.15, 0.2) is 11.0 Å². The average molecular weight is 237 g/mol. The predicted octanol–water partition coefficient (Wildman–Crippen LogP) is 2.68. The number of rotatable bonds is 1. The Balaban J connectivity index is 3.66. The van der Waals surface area contributed by atoms with E-state index in [-0.39, 0.29) is 10.5 Å². The number of halogens is 2. The van der Waals surface area contributed by atoms with Crippen LogP contribution >= 0.6 is 10.7 Å². The molecule has 78 valence electrons. The van der Waals surface area contributed by atoms with Gasteiger partial charge in [-0.15, -0.1) is 0 Å². The summed E-state index contributed by atoms with van der Waals surface area (Å²) in [6.07, 6.45) is 0. The first kappa shape index (κ1) is 11.5. The number of benzene rings is 1. The van der Waals surface area contributed by atoms with Crippen molar-refractivity contribution in [1.82, 2.24) is 0 Å². The van der Waals surface area contributed by atoms with Gasteiger partial charge < -0.3 is 0 Å². The fourth-order valence-corrected chi connectivity index (χ4v) is 2.48. The number of hydrogen-bond donors (Lipinski definition) is 0. The van der Waals surface area contributed by atoms with Crippen molar-refractivity contribution < 1.29 is 12.8 Å². The van der Waals surface area contributed by atoms with E-state index in [1.807, 2.05) is 0 Å². The second kappa shape index (κ2) is 3.51. The molecule has 0 fully saturated rings. The van der Waals surface area contributed by atoms with Gasteiger partial charge in [0.25, 0.3) is 9.05 Å². The molecule has 5 heteroatoms. The van der Waals surface area contributed by atoms with Gasteiger partial charge in [0.15, 0.2) is 0 Å². The number of hydrogen-bond acceptors (Lipinski definition) is 2. The van der Waals surface area contributed by atoms with Crippen LogP contribution in [0.2, 0.25) is 0 Å². The van der Waals surface area contributed by atoms with Crippen LogP contribution < -0.4 is 0 Å². The third kappa shape index (κ3) is 1.91. The first-order valence-corrected chi connectivity index (χ1v) is 6.27. The fourth-order valence-electron chi connectivity index (χ4n) is 1.23. The lowest BCUT2D eigenvalue weighted by Crippen LogP contribution is -2.01. The molecule has 0 saturated heterocycles. The topological polar surface area (TPSA) is 34.1 Å². The molecule has 0 bridgehead atoms. The van der Waals surface area contributed by atoms with Crippen molar-refractivity contribution in [1.29, 1.82) is 0 Å². The zero-order chi connectivity index (χ0) is 11.1. The average Bonchev–Trinajstić information content (AvgIpc) is 2.06.